The van der Waals surface area contributed by atoms with Crippen molar-refractivity contribution in [2.45, 2.75) is 18.4 Å². The number of carbonyl (C=O) groups is 1. The van der Waals surface area contributed by atoms with Crippen molar-refractivity contribution in [3.8, 4) is 0 Å². The minimum absolute atomic E-state index is 0.0314. The summed E-state index contributed by atoms with van der Waals surface area (Å²) in [5.74, 6) is -1.22. The number of halogens is 1. The van der Waals surface area contributed by atoms with Crippen LogP contribution in [-0.2, 0) is 21.4 Å². The molecule has 0 bridgehead atoms. The van der Waals surface area contributed by atoms with Crippen molar-refractivity contribution in [2.24, 2.45) is 0 Å². The van der Waals surface area contributed by atoms with Crippen LogP contribution in [0.25, 0.3) is 10.2 Å². The van der Waals surface area contributed by atoms with E-state index in [-0.39, 0.29) is 28.3 Å². The minimum atomic E-state index is -4.04. The molecule has 9 heteroatoms. The van der Waals surface area contributed by atoms with Crippen LogP contribution in [0.2, 0.25) is 0 Å². The summed E-state index contributed by atoms with van der Waals surface area (Å²) >= 11 is 1.42. The summed E-state index contributed by atoms with van der Waals surface area (Å²) < 4.78 is 47.7. The van der Waals surface area contributed by atoms with E-state index < -0.39 is 21.8 Å². The van der Waals surface area contributed by atoms with E-state index in [2.05, 4.69) is 9.71 Å². The number of benzene rings is 3. The predicted molar refractivity (Wildman–Crippen MR) is 117 cm³/mol. The molecule has 0 aliphatic heterocycles. The summed E-state index contributed by atoms with van der Waals surface area (Å²) in [7, 11) is -4.04. The molecule has 0 radical (unpaired) electrons. The van der Waals surface area contributed by atoms with Crippen LogP contribution in [0.4, 0.5) is 10.1 Å². The molecule has 1 N–H and O–H groups in total. The zero-order chi connectivity index (χ0) is 22.0. The van der Waals surface area contributed by atoms with Gasteiger partial charge in [0.15, 0.2) is 0 Å². The SMILES string of the molecule is Cc1cc(F)ccc1S(=O)(=O)Nc1ccccc1C(=O)OCc1nc2ccccc2s1. The number of carbonyl (C=O) groups excluding carboxylic acids is 1. The number of esters is 1. The minimum Gasteiger partial charge on any atom is -0.455 e. The number of fused-ring (bicyclic) bond motifs is 1. The fraction of sp³-hybridized carbons (Fsp3) is 0.0909. The lowest BCUT2D eigenvalue weighted by Crippen LogP contribution is -2.17. The van der Waals surface area contributed by atoms with E-state index in [9.17, 15) is 17.6 Å². The first-order chi connectivity index (χ1) is 14.8. The van der Waals surface area contributed by atoms with Gasteiger partial charge in [-0.15, -0.1) is 11.3 Å². The number of nitrogens with zero attached hydrogens (tertiary/aromatic N) is 1. The summed E-state index contributed by atoms with van der Waals surface area (Å²) in [4.78, 5) is 17.0. The molecule has 0 atom stereocenters. The van der Waals surface area contributed by atoms with Gasteiger partial charge in [0.05, 0.1) is 26.4 Å². The van der Waals surface area contributed by atoms with Gasteiger partial charge in [-0.2, -0.15) is 0 Å². The van der Waals surface area contributed by atoms with Gasteiger partial charge in [0.25, 0.3) is 10.0 Å². The first kappa shape index (κ1) is 21.0. The molecule has 0 aliphatic rings. The number of hydrogen-bond donors (Lipinski definition) is 1. The van der Waals surface area contributed by atoms with Crippen molar-refractivity contribution >= 4 is 43.2 Å². The zero-order valence-corrected chi connectivity index (χ0v) is 18.0. The van der Waals surface area contributed by atoms with Crippen LogP contribution in [0.15, 0.2) is 71.6 Å². The number of aromatic nitrogens is 1. The molecule has 31 heavy (non-hydrogen) atoms. The van der Waals surface area contributed by atoms with Crippen molar-refractivity contribution in [2.75, 3.05) is 4.72 Å². The van der Waals surface area contributed by atoms with Gasteiger partial charge in [0.2, 0.25) is 0 Å². The zero-order valence-electron chi connectivity index (χ0n) is 16.3. The lowest BCUT2D eigenvalue weighted by molar-refractivity contribution is 0.0474. The Morgan fingerprint density at radius 3 is 2.61 bits per heavy atom. The molecule has 0 aliphatic carbocycles. The highest BCUT2D eigenvalue weighted by Crippen LogP contribution is 2.25. The molecule has 0 unspecified atom stereocenters. The molecule has 3 aromatic carbocycles. The highest BCUT2D eigenvalue weighted by molar-refractivity contribution is 7.92. The van der Waals surface area contributed by atoms with Gasteiger partial charge in [-0.05, 0) is 55.0 Å². The van der Waals surface area contributed by atoms with Crippen LogP contribution in [0, 0.1) is 12.7 Å². The average Bonchev–Trinajstić information content (AvgIpc) is 3.15. The molecule has 0 saturated carbocycles. The second-order valence-electron chi connectivity index (χ2n) is 6.71. The normalized spacial score (nSPS) is 11.4. The summed E-state index contributed by atoms with van der Waals surface area (Å²) in [5, 5.41) is 0.634. The maximum Gasteiger partial charge on any atom is 0.340 e. The number of thiazole rings is 1. The van der Waals surface area contributed by atoms with E-state index in [0.717, 1.165) is 22.3 Å². The molecule has 0 saturated heterocycles. The Morgan fingerprint density at radius 2 is 1.84 bits per heavy atom. The summed E-state index contributed by atoms with van der Waals surface area (Å²) in [5.41, 5.74) is 1.21. The molecular weight excluding hydrogens is 439 g/mol. The van der Waals surface area contributed by atoms with E-state index in [0.29, 0.717) is 5.01 Å². The van der Waals surface area contributed by atoms with E-state index in [4.69, 9.17) is 4.74 Å². The third-order valence-electron chi connectivity index (χ3n) is 4.48. The van der Waals surface area contributed by atoms with E-state index in [1.165, 1.54) is 36.5 Å². The Hall–Kier alpha value is -3.30. The maximum atomic E-state index is 13.3. The maximum absolute atomic E-state index is 13.3. The highest BCUT2D eigenvalue weighted by atomic mass is 32.2. The molecule has 1 aromatic heterocycles. The first-order valence-electron chi connectivity index (χ1n) is 9.23. The van der Waals surface area contributed by atoms with Crippen molar-refractivity contribution < 1.29 is 22.3 Å². The van der Waals surface area contributed by atoms with Gasteiger partial charge in [-0.25, -0.2) is 22.6 Å². The van der Waals surface area contributed by atoms with Crippen molar-refractivity contribution in [1.82, 2.24) is 4.98 Å². The van der Waals surface area contributed by atoms with E-state index in [1.54, 1.807) is 12.1 Å². The van der Waals surface area contributed by atoms with E-state index in [1.807, 2.05) is 24.3 Å². The molecule has 0 spiro atoms. The monoisotopic (exact) mass is 456 g/mol. The second-order valence-corrected chi connectivity index (χ2v) is 9.48. The number of para-hydroxylation sites is 2. The number of aryl methyl sites for hydroxylation is 1. The quantitative estimate of drug-likeness (QED) is 0.417. The van der Waals surface area contributed by atoms with Crippen LogP contribution < -0.4 is 4.72 Å². The summed E-state index contributed by atoms with van der Waals surface area (Å²) in [6, 6.07) is 17.1. The molecule has 4 aromatic rings. The van der Waals surface area contributed by atoms with Crippen LogP contribution in [0.1, 0.15) is 20.9 Å². The Labute approximate surface area is 182 Å². The third kappa shape index (κ3) is 4.57. The van der Waals surface area contributed by atoms with Crippen molar-refractivity contribution in [3.05, 3.63) is 88.7 Å². The Morgan fingerprint density at radius 1 is 1.10 bits per heavy atom. The van der Waals surface area contributed by atoms with Gasteiger partial charge in [-0.1, -0.05) is 24.3 Å². The smallest absolute Gasteiger partial charge is 0.340 e. The Balaban J connectivity index is 1.54. The molecule has 0 amide bonds. The number of sulfonamides is 1. The van der Waals surface area contributed by atoms with Crippen molar-refractivity contribution in [3.63, 3.8) is 0 Å². The largest absolute Gasteiger partial charge is 0.455 e. The number of nitrogens with one attached hydrogen (secondary N) is 1. The lowest BCUT2D eigenvalue weighted by atomic mass is 10.2. The topological polar surface area (TPSA) is 85.4 Å². The average molecular weight is 457 g/mol. The first-order valence-corrected chi connectivity index (χ1v) is 11.5. The third-order valence-corrected chi connectivity index (χ3v) is 7.02. The fourth-order valence-electron chi connectivity index (χ4n) is 3.05. The molecular formula is C22H17FN2O4S2. The molecule has 1 heterocycles. The van der Waals surface area contributed by atoms with Gasteiger partial charge in [0, 0.05) is 0 Å². The number of hydrogen-bond acceptors (Lipinski definition) is 6. The number of anilines is 1. The van der Waals surface area contributed by atoms with Gasteiger partial charge in [0.1, 0.15) is 17.4 Å². The van der Waals surface area contributed by atoms with Crippen molar-refractivity contribution in [1.29, 1.82) is 0 Å². The molecule has 0 fully saturated rings. The van der Waals surface area contributed by atoms with Crippen LogP contribution >= 0.6 is 11.3 Å². The molecule has 6 nitrogen and oxygen atoms in total. The summed E-state index contributed by atoms with van der Waals surface area (Å²) in [6.45, 7) is 1.46. The number of rotatable bonds is 6. The Kier molecular flexibility index (Phi) is 5.71. The lowest BCUT2D eigenvalue weighted by Gasteiger charge is -2.13. The highest BCUT2D eigenvalue weighted by Gasteiger charge is 2.21. The Bertz CT molecular complexity index is 1350. The second kappa shape index (κ2) is 8.44. The van der Waals surface area contributed by atoms with Gasteiger partial charge >= 0.3 is 5.97 Å². The van der Waals surface area contributed by atoms with Gasteiger partial charge in [-0.3, -0.25) is 4.72 Å². The predicted octanol–water partition coefficient (Wildman–Crippen LogP) is 4.90. The van der Waals surface area contributed by atoms with E-state index >= 15 is 0 Å². The van der Waals surface area contributed by atoms with Crippen LogP contribution in [0.5, 0.6) is 0 Å². The standard InChI is InChI=1S/C22H17FN2O4S2/c1-14-12-15(23)10-11-20(14)31(27,28)25-17-7-3-2-6-16(17)22(26)29-13-21-24-18-8-4-5-9-19(18)30-21/h2-12,25H,13H2,1H3. The fourth-order valence-corrected chi connectivity index (χ4v) is 5.24. The van der Waals surface area contributed by atoms with Crippen LogP contribution in [-0.4, -0.2) is 19.4 Å². The summed E-state index contributed by atoms with van der Waals surface area (Å²) in [6.07, 6.45) is 0. The van der Waals surface area contributed by atoms with Gasteiger partial charge < -0.3 is 4.74 Å². The number of ether oxygens (including phenoxy) is 1. The molecule has 158 valence electrons. The van der Waals surface area contributed by atoms with Crippen LogP contribution in [0.3, 0.4) is 0 Å². The molecule has 4 rings (SSSR count).